The third-order valence-corrected chi connectivity index (χ3v) is 4.98. The molecule has 2 heterocycles. The minimum Gasteiger partial charge on any atom is -0.453 e. The van der Waals surface area contributed by atoms with Crippen molar-refractivity contribution in [1.82, 2.24) is 5.32 Å². The summed E-state index contributed by atoms with van der Waals surface area (Å²) >= 11 is 0. The van der Waals surface area contributed by atoms with Crippen molar-refractivity contribution in [3.8, 4) is 0 Å². The maximum absolute atomic E-state index is 12.3. The number of ether oxygens (including phenoxy) is 2. The Balaban J connectivity index is 1.45. The zero-order chi connectivity index (χ0) is 18.3. The number of cyclic esters (lactones) is 1. The van der Waals surface area contributed by atoms with Gasteiger partial charge in [-0.3, -0.25) is 9.69 Å². The monoisotopic (exact) mass is 359 g/mol. The first-order valence-electron chi connectivity index (χ1n) is 8.78. The number of anilines is 2. The summed E-state index contributed by atoms with van der Waals surface area (Å²) in [5.41, 5.74) is 2.59. The summed E-state index contributed by atoms with van der Waals surface area (Å²) in [7, 11) is 1.28. The minimum absolute atomic E-state index is 0.119. The maximum Gasteiger partial charge on any atom is 0.414 e. The summed E-state index contributed by atoms with van der Waals surface area (Å²) in [6, 6.07) is 5.64. The van der Waals surface area contributed by atoms with Gasteiger partial charge in [0, 0.05) is 17.9 Å². The van der Waals surface area contributed by atoms with Gasteiger partial charge in [0.1, 0.15) is 6.10 Å². The molecule has 1 saturated carbocycles. The number of methoxy groups -OCH3 is 1. The van der Waals surface area contributed by atoms with E-state index in [2.05, 4.69) is 10.1 Å². The summed E-state index contributed by atoms with van der Waals surface area (Å²) in [5, 5.41) is 2.53. The van der Waals surface area contributed by atoms with E-state index in [1.807, 2.05) is 23.1 Å². The molecule has 0 aromatic heterocycles. The maximum atomic E-state index is 12.3. The highest BCUT2D eigenvalue weighted by Gasteiger charge is 2.36. The Morgan fingerprint density at radius 3 is 2.88 bits per heavy atom. The zero-order valence-corrected chi connectivity index (χ0v) is 14.6. The Bertz CT molecular complexity index is 761. The van der Waals surface area contributed by atoms with Gasteiger partial charge in [0.15, 0.2) is 0 Å². The molecule has 0 bridgehead atoms. The number of amides is 3. The molecular formula is C18H21N3O5. The summed E-state index contributed by atoms with van der Waals surface area (Å²) in [4.78, 5) is 39.0. The van der Waals surface area contributed by atoms with Gasteiger partial charge in [0.2, 0.25) is 5.91 Å². The van der Waals surface area contributed by atoms with Gasteiger partial charge in [-0.2, -0.15) is 0 Å². The molecule has 1 atom stereocenters. The topological polar surface area (TPSA) is 88.2 Å². The lowest BCUT2D eigenvalue weighted by atomic mass is 10.1. The Morgan fingerprint density at radius 2 is 2.15 bits per heavy atom. The lowest BCUT2D eigenvalue weighted by Crippen LogP contribution is -2.34. The molecule has 2 fully saturated rings. The third kappa shape index (κ3) is 3.18. The molecule has 0 radical (unpaired) electrons. The van der Waals surface area contributed by atoms with E-state index in [4.69, 9.17) is 4.74 Å². The fourth-order valence-electron chi connectivity index (χ4n) is 3.40. The summed E-state index contributed by atoms with van der Waals surface area (Å²) in [6.07, 6.45) is 1.29. The van der Waals surface area contributed by atoms with Crippen LogP contribution in [-0.4, -0.2) is 50.9 Å². The van der Waals surface area contributed by atoms with E-state index in [-0.39, 0.29) is 12.5 Å². The molecule has 1 unspecified atom stereocenters. The van der Waals surface area contributed by atoms with Crippen molar-refractivity contribution in [3.05, 3.63) is 23.8 Å². The number of carbonyl (C=O) groups excluding carboxylic acids is 3. The molecule has 1 aromatic carbocycles. The van der Waals surface area contributed by atoms with Crippen molar-refractivity contribution in [2.75, 3.05) is 36.5 Å². The molecule has 3 aliphatic rings. The lowest BCUT2D eigenvalue weighted by Gasteiger charge is -2.18. The minimum atomic E-state index is -0.564. The average Bonchev–Trinajstić information content (AvgIpc) is 3.30. The predicted octanol–water partition coefficient (Wildman–Crippen LogP) is 1.67. The third-order valence-electron chi connectivity index (χ3n) is 4.98. The van der Waals surface area contributed by atoms with Crippen molar-refractivity contribution in [2.24, 2.45) is 5.92 Å². The van der Waals surface area contributed by atoms with Crippen LogP contribution in [0.3, 0.4) is 0 Å². The lowest BCUT2D eigenvalue weighted by molar-refractivity contribution is -0.117. The van der Waals surface area contributed by atoms with E-state index in [0.717, 1.165) is 17.8 Å². The molecule has 1 N–H and O–H groups in total. The summed E-state index contributed by atoms with van der Waals surface area (Å²) in [5.74, 6) is 0.745. The first-order chi connectivity index (χ1) is 12.5. The fourth-order valence-corrected chi connectivity index (χ4v) is 3.40. The van der Waals surface area contributed by atoms with Gasteiger partial charge in [0.25, 0.3) is 0 Å². The number of alkyl carbamates (subject to hydrolysis) is 1. The first-order valence-corrected chi connectivity index (χ1v) is 8.78. The fraction of sp³-hybridized carbons (Fsp3) is 0.500. The molecule has 1 saturated heterocycles. The van der Waals surface area contributed by atoms with Crippen LogP contribution in [0.2, 0.25) is 0 Å². The highest BCUT2D eigenvalue weighted by molar-refractivity contribution is 6.02. The van der Waals surface area contributed by atoms with E-state index in [1.165, 1.54) is 24.9 Å². The Morgan fingerprint density at radius 1 is 1.35 bits per heavy atom. The van der Waals surface area contributed by atoms with Crippen LogP contribution in [0.15, 0.2) is 18.2 Å². The molecule has 4 rings (SSSR count). The highest BCUT2D eigenvalue weighted by atomic mass is 16.6. The van der Waals surface area contributed by atoms with Crippen molar-refractivity contribution >= 4 is 29.5 Å². The van der Waals surface area contributed by atoms with Gasteiger partial charge in [0.05, 0.1) is 26.6 Å². The highest BCUT2D eigenvalue weighted by Crippen LogP contribution is 2.37. The Hall–Kier alpha value is -2.77. The molecule has 8 heteroatoms. The Kier molecular flexibility index (Phi) is 4.18. The molecule has 0 spiro atoms. The number of hydrogen-bond donors (Lipinski definition) is 1. The number of fused-ring (bicyclic) bond motifs is 1. The number of nitrogens with zero attached hydrogens (tertiary/aromatic N) is 2. The summed E-state index contributed by atoms with van der Waals surface area (Å²) < 4.78 is 9.80. The van der Waals surface area contributed by atoms with Crippen LogP contribution in [0.4, 0.5) is 21.0 Å². The van der Waals surface area contributed by atoms with Crippen LogP contribution in [0.25, 0.3) is 0 Å². The number of hydrogen-bond acceptors (Lipinski definition) is 5. The number of rotatable bonds is 5. The molecule has 3 amide bonds. The standard InChI is InChI=1S/C18H21N3O5/c1-25-17(23)19-8-14-10-20(18(24)26-14)13-4-5-15-12(6-13)7-16(22)21(15)9-11-2-3-11/h4-6,11,14H,2-3,7-10H2,1H3,(H,19,23). The van der Waals surface area contributed by atoms with Crippen molar-refractivity contribution in [3.63, 3.8) is 0 Å². The SMILES string of the molecule is COC(=O)NCC1CN(c2ccc3c(c2)CC(=O)N3CC2CC2)C(=O)O1. The Labute approximate surface area is 151 Å². The molecule has 2 aliphatic heterocycles. The number of benzene rings is 1. The quantitative estimate of drug-likeness (QED) is 0.864. The second-order valence-corrected chi connectivity index (χ2v) is 6.93. The second kappa shape index (κ2) is 6.51. The average molecular weight is 359 g/mol. The smallest absolute Gasteiger partial charge is 0.414 e. The molecule has 8 nitrogen and oxygen atoms in total. The molecule has 26 heavy (non-hydrogen) atoms. The molecular weight excluding hydrogens is 338 g/mol. The van der Waals surface area contributed by atoms with E-state index in [9.17, 15) is 14.4 Å². The van der Waals surface area contributed by atoms with Gasteiger partial charge >= 0.3 is 12.2 Å². The van der Waals surface area contributed by atoms with E-state index in [0.29, 0.717) is 24.6 Å². The van der Waals surface area contributed by atoms with Crippen molar-refractivity contribution in [2.45, 2.75) is 25.4 Å². The normalized spacial score (nSPS) is 21.7. The van der Waals surface area contributed by atoms with Gasteiger partial charge in [-0.25, -0.2) is 9.59 Å². The van der Waals surface area contributed by atoms with E-state index >= 15 is 0 Å². The first kappa shape index (κ1) is 16.7. The van der Waals surface area contributed by atoms with Gasteiger partial charge in [-0.1, -0.05) is 0 Å². The van der Waals surface area contributed by atoms with Crippen LogP contribution >= 0.6 is 0 Å². The molecule has 1 aliphatic carbocycles. The predicted molar refractivity (Wildman–Crippen MR) is 93.2 cm³/mol. The second-order valence-electron chi connectivity index (χ2n) is 6.93. The van der Waals surface area contributed by atoms with Crippen molar-refractivity contribution in [1.29, 1.82) is 0 Å². The zero-order valence-electron chi connectivity index (χ0n) is 14.6. The summed E-state index contributed by atoms with van der Waals surface area (Å²) in [6.45, 7) is 1.31. The van der Waals surface area contributed by atoms with Crippen LogP contribution in [-0.2, 0) is 20.7 Å². The largest absolute Gasteiger partial charge is 0.453 e. The van der Waals surface area contributed by atoms with Crippen LogP contribution in [0, 0.1) is 5.92 Å². The van der Waals surface area contributed by atoms with Gasteiger partial charge < -0.3 is 19.7 Å². The van der Waals surface area contributed by atoms with Crippen LogP contribution in [0.1, 0.15) is 18.4 Å². The van der Waals surface area contributed by atoms with Crippen LogP contribution < -0.4 is 15.1 Å². The molecule has 138 valence electrons. The molecule has 1 aromatic rings. The van der Waals surface area contributed by atoms with Gasteiger partial charge in [-0.15, -0.1) is 0 Å². The van der Waals surface area contributed by atoms with E-state index < -0.39 is 18.3 Å². The van der Waals surface area contributed by atoms with Crippen LogP contribution in [0.5, 0.6) is 0 Å². The van der Waals surface area contributed by atoms with Gasteiger partial charge in [-0.05, 0) is 42.5 Å². The number of carbonyl (C=O) groups is 3. The van der Waals surface area contributed by atoms with E-state index in [1.54, 1.807) is 0 Å². The number of nitrogens with one attached hydrogen (secondary N) is 1. The van der Waals surface area contributed by atoms with Crippen molar-refractivity contribution < 1.29 is 23.9 Å².